The van der Waals surface area contributed by atoms with Crippen LogP contribution in [0.2, 0.25) is 0 Å². The Morgan fingerprint density at radius 2 is 1.87 bits per heavy atom. The van der Waals surface area contributed by atoms with Crippen LogP contribution in [0.4, 0.5) is 22.7 Å². The van der Waals surface area contributed by atoms with Gasteiger partial charge in [-0.3, -0.25) is 24.3 Å². The lowest BCUT2D eigenvalue weighted by Gasteiger charge is -2.11. The van der Waals surface area contributed by atoms with Crippen LogP contribution in [0.5, 0.6) is 5.75 Å². The lowest BCUT2D eigenvalue weighted by atomic mass is 10.2. The van der Waals surface area contributed by atoms with Crippen LogP contribution in [0.3, 0.4) is 0 Å². The van der Waals surface area contributed by atoms with Gasteiger partial charge in [0.25, 0.3) is 15.8 Å². The Hall–Kier alpha value is -3.71. The first-order valence-electron chi connectivity index (χ1n) is 8.17. The van der Waals surface area contributed by atoms with E-state index in [0.29, 0.717) is 6.07 Å². The van der Waals surface area contributed by atoms with Crippen LogP contribution in [0.1, 0.15) is 13.3 Å². The maximum Gasteiger partial charge on any atom is 0.297 e. The van der Waals surface area contributed by atoms with Crippen LogP contribution in [-0.2, 0) is 19.7 Å². The second-order valence-corrected chi connectivity index (χ2v) is 7.26. The first kappa shape index (κ1) is 22.6. The molecule has 0 aromatic heterocycles. The molecule has 0 aliphatic carbocycles. The summed E-state index contributed by atoms with van der Waals surface area (Å²) in [6.45, 7) is 1.24. The number of amides is 1. The third-order valence-electron chi connectivity index (χ3n) is 3.60. The molecule has 2 rings (SSSR count). The quantitative estimate of drug-likeness (QED) is 0.208. The first-order valence-corrected chi connectivity index (χ1v) is 9.61. The van der Waals surface area contributed by atoms with E-state index < -0.39 is 31.5 Å². The fourth-order valence-corrected chi connectivity index (χ4v) is 2.96. The highest BCUT2D eigenvalue weighted by molar-refractivity contribution is 7.86. The Balaban J connectivity index is 2.51. The lowest BCUT2D eigenvalue weighted by Crippen LogP contribution is -2.15. The molecule has 0 saturated carbocycles. The number of carbonyl (C=O) groups excluding carboxylic acids is 2. The molecular formula is C17H16N4O8S. The molecule has 30 heavy (non-hydrogen) atoms. The molecule has 2 N–H and O–H groups in total. The van der Waals surface area contributed by atoms with Gasteiger partial charge in [0.1, 0.15) is 33.5 Å². The SMILES string of the molecule is COc1cccc(N=Nc2ccc([N+](=O)[O-])cc2S(=O)(=O)O)c1NC(=O)CC(C)=O. The number of non-ortho nitro benzene ring substituents is 1. The Labute approximate surface area is 170 Å². The molecule has 0 saturated heterocycles. The second-order valence-electron chi connectivity index (χ2n) is 5.87. The van der Waals surface area contributed by atoms with Crippen LogP contribution in [0.25, 0.3) is 0 Å². The number of ketones is 1. The predicted octanol–water partition coefficient (Wildman–Crippen LogP) is 3.18. The molecular weight excluding hydrogens is 420 g/mol. The summed E-state index contributed by atoms with van der Waals surface area (Å²) >= 11 is 0. The smallest absolute Gasteiger partial charge is 0.297 e. The number of azo groups is 1. The number of para-hydroxylation sites is 1. The van der Waals surface area contributed by atoms with E-state index in [4.69, 9.17) is 4.74 Å². The maximum absolute atomic E-state index is 12.0. The molecule has 158 valence electrons. The van der Waals surface area contributed by atoms with E-state index in [9.17, 15) is 32.7 Å². The molecule has 1 amide bonds. The first-order chi connectivity index (χ1) is 14.0. The molecule has 12 nitrogen and oxygen atoms in total. The van der Waals surface area contributed by atoms with Gasteiger partial charge in [0.2, 0.25) is 5.91 Å². The van der Waals surface area contributed by atoms with Crippen molar-refractivity contribution in [3.8, 4) is 5.75 Å². The predicted molar refractivity (Wildman–Crippen MR) is 104 cm³/mol. The van der Waals surface area contributed by atoms with Gasteiger partial charge >= 0.3 is 0 Å². The summed E-state index contributed by atoms with van der Waals surface area (Å²) in [4.78, 5) is 32.3. The van der Waals surface area contributed by atoms with Crippen LogP contribution in [0, 0.1) is 10.1 Å². The number of nitrogens with one attached hydrogen (secondary N) is 1. The van der Waals surface area contributed by atoms with Crippen molar-refractivity contribution in [1.29, 1.82) is 0 Å². The van der Waals surface area contributed by atoms with Crippen molar-refractivity contribution in [2.75, 3.05) is 12.4 Å². The molecule has 2 aromatic carbocycles. The van der Waals surface area contributed by atoms with E-state index >= 15 is 0 Å². The van der Waals surface area contributed by atoms with Crippen molar-refractivity contribution in [2.45, 2.75) is 18.2 Å². The van der Waals surface area contributed by atoms with Crippen molar-refractivity contribution in [2.24, 2.45) is 10.2 Å². The normalized spacial score (nSPS) is 11.3. The largest absolute Gasteiger partial charge is 0.494 e. The number of ether oxygens (including phenoxy) is 1. The zero-order valence-electron chi connectivity index (χ0n) is 15.7. The molecule has 0 heterocycles. The summed E-state index contributed by atoms with van der Waals surface area (Å²) in [7, 11) is -3.50. The Bertz CT molecular complexity index is 1140. The van der Waals surface area contributed by atoms with E-state index in [1.54, 1.807) is 0 Å². The number of carbonyl (C=O) groups is 2. The number of nitro groups is 1. The molecule has 2 aromatic rings. The van der Waals surface area contributed by atoms with Crippen molar-refractivity contribution in [3.05, 3.63) is 46.5 Å². The molecule has 13 heteroatoms. The molecule has 0 spiro atoms. The zero-order chi connectivity index (χ0) is 22.5. The fourth-order valence-electron chi connectivity index (χ4n) is 2.32. The molecule has 0 unspecified atom stereocenters. The van der Waals surface area contributed by atoms with Crippen LogP contribution in [-0.4, -0.2) is 36.7 Å². The van der Waals surface area contributed by atoms with Crippen molar-refractivity contribution in [1.82, 2.24) is 0 Å². The molecule has 0 radical (unpaired) electrons. The standard InChI is InChI=1S/C17H16N4O8S/c1-10(22)8-16(23)18-17-13(4-3-5-14(17)29-2)20-19-12-7-6-11(21(24)25)9-15(12)30(26,27)28/h3-7,9H,8H2,1-2H3,(H,18,23)(H,26,27,28). The van der Waals surface area contributed by atoms with Crippen molar-refractivity contribution < 1.29 is 32.2 Å². The van der Waals surface area contributed by atoms with Gasteiger partial charge < -0.3 is 10.1 Å². The highest BCUT2D eigenvalue weighted by Crippen LogP contribution is 2.37. The van der Waals surface area contributed by atoms with Crippen LogP contribution in [0.15, 0.2) is 51.5 Å². The van der Waals surface area contributed by atoms with Gasteiger partial charge in [-0.05, 0) is 25.1 Å². The minimum absolute atomic E-state index is 0.0471. The number of hydrogen-bond donors (Lipinski definition) is 2. The number of hydrogen-bond acceptors (Lipinski definition) is 9. The summed E-state index contributed by atoms with van der Waals surface area (Å²) in [6.07, 6.45) is -0.385. The second kappa shape index (κ2) is 9.19. The van der Waals surface area contributed by atoms with Gasteiger partial charge in [0, 0.05) is 12.1 Å². The minimum Gasteiger partial charge on any atom is -0.494 e. The number of methoxy groups -OCH3 is 1. The monoisotopic (exact) mass is 436 g/mol. The number of benzene rings is 2. The minimum atomic E-state index is -4.84. The van der Waals surface area contributed by atoms with Crippen LogP contribution >= 0.6 is 0 Å². The summed E-state index contributed by atoms with van der Waals surface area (Å²) in [5, 5.41) is 20.9. The Morgan fingerprint density at radius 3 is 2.43 bits per heavy atom. The van der Waals surface area contributed by atoms with Gasteiger partial charge in [0.15, 0.2) is 0 Å². The average Bonchev–Trinajstić information content (AvgIpc) is 2.65. The van der Waals surface area contributed by atoms with Crippen molar-refractivity contribution in [3.63, 3.8) is 0 Å². The zero-order valence-corrected chi connectivity index (χ0v) is 16.5. The summed E-state index contributed by atoms with van der Waals surface area (Å²) in [6, 6.07) is 7.09. The molecule has 0 atom stereocenters. The highest BCUT2D eigenvalue weighted by Gasteiger charge is 2.21. The number of Topliss-reactive ketones (excluding diaryl/α,β-unsaturated/α-hetero) is 1. The van der Waals surface area contributed by atoms with E-state index in [2.05, 4.69) is 15.5 Å². The number of rotatable bonds is 8. The number of nitrogens with zero attached hydrogens (tertiary/aromatic N) is 3. The van der Waals surface area contributed by atoms with E-state index in [1.807, 2.05) is 0 Å². The van der Waals surface area contributed by atoms with Gasteiger partial charge in [-0.25, -0.2) is 0 Å². The number of anilines is 1. The fraction of sp³-hybridized carbons (Fsp3) is 0.176. The topological polar surface area (TPSA) is 178 Å². The molecule has 0 fully saturated rings. The summed E-state index contributed by atoms with van der Waals surface area (Å²) in [5.74, 6) is -0.797. The Morgan fingerprint density at radius 1 is 1.20 bits per heavy atom. The molecule has 0 aliphatic rings. The third kappa shape index (κ3) is 5.65. The highest BCUT2D eigenvalue weighted by atomic mass is 32.2. The number of nitro benzene ring substituents is 1. The average molecular weight is 436 g/mol. The van der Waals surface area contributed by atoms with Gasteiger partial charge in [-0.2, -0.15) is 8.42 Å². The van der Waals surface area contributed by atoms with E-state index in [1.165, 1.54) is 32.2 Å². The summed E-state index contributed by atoms with van der Waals surface area (Å²) in [5.41, 5.74) is -0.816. The lowest BCUT2D eigenvalue weighted by molar-refractivity contribution is -0.385. The van der Waals surface area contributed by atoms with E-state index in [-0.39, 0.29) is 35.0 Å². The third-order valence-corrected chi connectivity index (χ3v) is 4.48. The Kier molecular flexibility index (Phi) is 6.92. The van der Waals surface area contributed by atoms with Gasteiger partial charge in [0.05, 0.1) is 18.5 Å². The maximum atomic E-state index is 12.0. The van der Waals surface area contributed by atoms with Crippen molar-refractivity contribution >= 4 is 44.6 Å². The molecule has 0 bridgehead atoms. The summed E-state index contributed by atoms with van der Waals surface area (Å²) < 4.78 is 37.7. The molecule has 0 aliphatic heterocycles. The van der Waals surface area contributed by atoms with Gasteiger partial charge in [-0.1, -0.05) is 6.07 Å². The van der Waals surface area contributed by atoms with Crippen LogP contribution < -0.4 is 10.1 Å². The van der Waals surface area contributed by atoms with E-state index in [0.717, 1.165) is 12.1 Å². The van der Waals surface area contributed by atoms with Gasteiger partial charge in [-0.15, -0.1) is 10.2 Å².